The number of nitrogens with zero attached hydrogens (tertiary/aromatic N) is 2. The molecule has 7 nitrogen and oxygen atoms in total. The number of benzene rings is 2. The van der Waals surface area contributed by atoms with E-state index in [0.29, 0.717) is 37.2 Å². The highest BCUT2D eigenvalue weighted by Gasteiger charge is 2.29. The molecule has 0 bridgehead atoms. The van der Waals surface area contributed by atoms with Crippen LogP contribution in [0.1, 0.15) is 34.3 Å². The lowest BCUT2D eigenvalue weighted by Gasteiger charge is -2.31. The first kappa shape index (κ1) is 22.8. The maximum absolute atomic E-state index is 13.1. The van der Waals surface area contributed by atoms with Crippen molar-refractivity contribution >= 4 is 27.6 Å². The molecule has 2 aromatic carbocycles. The van der Waals surface area contributed by atoms with Crippen LogP contribution in [0.4, 0.5) is 5.69 Å². The Kier molecular flexibility index (Phi) is 6.69. The monoisotopic (exact) mass is 444 g/mol. The molecule has 2 aromatic rings. The Bertz CT molecular complexity index is 1070. The predicted molar refractivity (Wildman–Crippen MR) is 119 cm³/mol. The third kappa shape index (κ3) is 4.74. The molecular weight excluding hydrogens is 416 g/mol. The van der Waals surface area contributed by atoms with Crippen molar-refractivity contribution in [1.82, 2.24) is 4.90 Å². The minimum Gasteiger partial charge on any atom is -0.469 e. The van der Waals surface area contributed by atoms with Crippen molar-refractivity contribution < 1.29 is 22.7 Å². The zero-order valence-electron chi connectivity index (χ0n) is 18.3. The molecule has 1 amide bonds. The lowest BCUT2D eigenvalue weighted by molar-refractivity contribution is -0.146. The molecule has 166 valence electrons. The molecule has 0 aliphatic carbocycles. The van der Waals surface area contributed by atoms with Crippen molar-refractivity contribution in [2.45, 2.75) is 31.6 Å². The molecule has 0 aromatic heterocycles. The minimum absolute atomic E-state index is 0.175. The standard InChI is InChI=1S/C23H28N2O5S/c1-16-5-9-20(10-6-16)31(28,29)24(3)21-15-19(8-7-17(21)2)22(26)25-13-11-18(12-14-25)23(27)30-4/h5-10,15,18H,11-14H2,1-4H3. The summed E-state index contributed by atoms with van der Waals surface area (Å²) in [6.07, 6.45) is 1.11. The SMILES string of the molecule is COC(=O)C1CCN(C(=O)c2ccc(C)c(N(C)S(=O)(=O)c3ccc(C)cc3)c2)CC1. The molecule has 8 heteroatoms. The van der Waals surface area contributed by atoms with Crippen molar-refractivity contribution in [2.24, 2.45) is 5.92 Å². The van der Waals surface area contributed by atoms with Gasteiger partial charge in [0.05, 0.1) is 23.6 Å². The van der Waals surface area contributed by atoms with Crippen LogP contribution in [0.3, 0.4) is 0 Å². The van der Waals surface area contributed by atoms with Crippen LogP contribution in [-0.4, -0.2) is 52.4 Å². The van der Waals surface area contributed by atoms with Gasteiger partial charge in [-0.1, -0.05) is 23.8 Å². The number of hydrogen-bond donors (Lipinski definition) is 0. The number of hydrogen-bond acceptors (Lipinski definition) is 5. The Hall–Kier alpha value is -2.87. The van der Waals surface area contributed by atoms with Gasteiger partial charge in [-0.3, -0.25) is 13.9 Å². The van der Waals surface area contributed by atoms with Gasteiger partial charge in [0.25, 0.3) is 15.9 Å². The molecule has 31 heavy (non-hydrogen) atoms. The number of aryl methyl sites for hydroxylation is 2. The highest BCUT2D eigenvalue weighted by molar-refractivity contribution is 7.92. The number of carbonyl (C=O) groups is 2. The van der Waals surface area contributed by atoms with E-state index in [2.05, 4.69) is 0 Å². The third-order valence-corrected chi connectivity index (χ3v) is 7.58. The van der Waals surface area contributed by atoms with E-state index in [4.69, 9.17) is 4.74 Å². The number of ether oxygens (including phenoxy) is 1. The van der Waals surface area contributed by atoms with E-state index < -0.39 is 10.0 Å². The fraction of sp³-hybridized carbons (Fsp3) is 0.391. The highest BCUT2D eigenvalue weighted by atomic mass is 32.2. The van der Waals surface area contributed by atoms with Crippen molar-refractivity contribution in [3.63, 3.8) is 0 Å². The Labute approximate surface area is 183 Å². The Balaban J connectivity index is 1.82. The number of amides is 1. The summed E-state index contributed by atoms with van der Waals surface area (Å²) >= 11 is 0. The van der Waals surface area contributed by atoms with Crippen LogP contribution in [-0.2, 0) is 19.6 Å². The van der Waals surface area contributed by atoms with E-state index in [1.54, 1.807) is 47.4 Å². The average Bonchev–Trinajstić information content (AvgIpc) is 2.78. The van der Waals surface area contributed by atoms with Crippen LogP contribution in [0, 0.1) is 19.8 Å². The first-order chi connectivity index (χ1) is 14.6. The maximum Gasteiger partial charge on any atom is 0.308 e. The van der Waals surface area contributed by atoms with Gasteiger partial charge in [-0.25, -0.2) is 8.42 Å². The quantitative estimate of drug-likeness (QED) is 0.662. The summed E-state index contributed by atoms with van der Waals surface area (Å²) in [6.45, 7) is 4.62. The van der Waals surface area contributed by atoms with Crippen LogP contribution in [0.15, 0.2) is 47.4 Å². The number of piperidine rings is 1. The molecule has 0 atom stereocenters. The van der Waals surface area contributed by atoms with E-state index in [0.717, 1.165) is 11.1 Å². The Morgan fingerprint density at radius 1 is 1.03 bits per heavy atom. The van der Waals surface area contributed by atoms with Gasteiger partial charge in [-0.2, -0.15) is 0 Å². The molecule has 0 unspecified atom stereocenters. The van der Waals surface area contributed by atoms with Gasteiger partial charge in [0.15, 0.2) is 0 Å². The summed E-state index contributed by atoms with van der Waals surface area (Å²) in [5.41, 5.74) is 2.60. The molecule has 1 saturated heterocycles. The average molecular weight is 445 g/mol. The van der Waals surface area contributed by atoms with E-state index >= 15 is 0 Å². The number of sulfonamides is 1. The third-order valence-electron chi connectivity index (χ3n) is 5.79. The normalized spacial score (nSPS) is 14.9. The van der Waals surface area contributed by atoms with Gasteiger partial charge in [0.2, 0.25) is 0 Å². The van der Waals surface area contributed by atoms with Crippen LogP contribution >= 0.6 is 0 Å². The molecule has 0 N–H and O–H groups in total. The van der Waals surface area contributed by atoms with E-state index in [1.165, 1.54) is 18.5 Å². The smallest absolute Gasteiger partial charge is 0.308 e. The zero-order chi connectivity index (χ0) is 22.8. The fourth-order valence-electron chi connectivity index (χ4n) is 3.75. The second kappa shape index (κ2) is 9.09. The van der Waals surface area contributed by atoms with E-state index in [-0.39, 0.29) is 22.7 Å². The summed E-state index contributed by atoms with van der Waals surface area (Å²) in [6, 6.07) is 11.8. The zero-order valence-corrected chi connectivity index (χ0v) is 19.1. The number of likely N-dealkylation sites (tertiary alicyclic amines) is 1. The Morgan fingerprint density at radius 2 is 1.65 bits per heavy atom. The summed E-state index contributed by atoms with van der Waals surface area (Å²) in [5, 5.41) is 0. The van der Waals surface area contributed by atoms with Gasteiger partial charge in [-0.05, 0) is 56.5 Å². The summed E-state index contributed by atoms with van der Waals surface area (Å²) in [5.74, 6) is -0.605. The van der Waals surface area contributed by atoms with Gasteiger partial charge >= 0.3 is 5.97 Å². The molecule has 0 spiro atoms. The van der Waals surface area contributed by atoms with Gasteiger partial charge < -0.3 is 9.64 Å². The number of anilines is 1. The molecule has 1 heterocycles. The van der Waals surface area contributed by atoms with Gasteiger partial charge in [-0.15, -0.1) is 0 Å². The second-order valence-corrected chi connectivity index (χ2v) is 9.85. The molecule has 1 aliphatic rings. The van der Waals surface area contributed by atoms with Crippen molar-refractivity contribution in [3.8, 4) is 0 Å². The van der Waals surface area contributed by atoms with Crippen LogP contribution in [0.25, 0.3) is 0 Å². The summed E-state index contributed by atoms with van der Waals surface area (Å²) in [4.78, 5) is 26.6. The highest BCUT2D eigenvalue weighted by Crippen LogP contribution is 2.28. The van der Waals surface area contributed by atoms with Crippen molar-refractivity contribution in [2.75, 3.05) is 31.6 Å². The fourth-order valence-corrected chi connectivity index (χ4v) is 5.00. The van der Waals surface area contributed by atoms with Crippen molar-refractivity contribution in [1.29, 1.82) is 0 Å². The first-order valence-electron chi connectivity index (χ1n) is 10.2. The Morgan fingerprint density at radius 3 is 2.23 bits per heavy atom. The number of carbonyl (C=O) groups excluding carboxylic acids is 2. The van der Waals surface area contributed by atoms with Crippen LogP contribution < -0.4 is 4.31 Å². The number of esters is 1. The molecular formula is C23H28N2O5S. The number of rotatable bonds is 5. The van der Waals surface area contributed by atoms with E-state index in [1.807, 2.05) is 13.8 Å². The topological polar surface area (TPSA) is 84.0 Å². The van der Waals surface area contributed by atoms with Crippen molar-refractivity contribution in [3.05, 3.63) is 59.2 Å². The lowest BCUT2D eigenvalue weighted by Crippen LogP contribution is -2.40. The van der Waals surface area contributed by atoms with Gasteiger partial charge in [0, 0.05) is 25.7 Å². The molecule has 0 saturated carbocycles. The summed E-state index contributed by atoms with van der Waals surface area (Å²) in [7, 11) is -0.898. The molecule has 1 aliphatic heterocycles. The van der Waals surface area contributed by atoms with Crippen LogP contribution in [0.2, 0.25) is 0 Å². The molecule has 3 rings (SSSR count). The molecule has 1 fully saturated rings. The molecule has 0 radical (unpaired) electrons. The predicted octanol–water partition coefficient (Wildman–Crippen LogP) is 3.15. The second-order valence-electron chi connectivity index (χ2n) is 7.88. The van der Waals surface area contributed by atoms with E-state index in [9.17, 15) is 18.0 Å². The summed E-state index contributed by atoms with van der Waals surface area (Å²) < 4.78 is 32.2. The van der Waals surface area contributed by atoms with Gasteiger partial charge in [0.1, 0.15) is 0 Å². The maximum atomic E-state index is 13.1. The largest absolute Gasteiger partial charge is 0.469 e. The number of methoxy groups -OCH3 is 1. The lowest BCUT2D eigenvalue weighted by atomic mass is 9.96. The van der Waals surface area contributed by atoms with Crippen LogP contribution in [0.5, 0.6) is 0 Å². The first-order valence-corrected chi connectivity index (χ1v) is 11.6. The minimum atomic E-state index is -3.76.